The number of benzene rings is 1. The van der Waals surface area contributed by atoms with Gasteiger partial charge >= 0.3 is 11.8 Å². The summed E-state index contributed by atoms with van der Waals surface area (Å²) in [4.78, 5) is 26.2. The van der Waals surface area contributed by atoms with E-state index < -0.39 is 17.6 Å². The van der Waals surface area contributed by atoms with E-state index in [1.807, 2.05) is 20.8 Å². The Labute approximate surface area is 156 Å². The Morgan fingerprint density at radius 1 is 1.38 bits per heavy atom. The molecule has 8 heteroatoms. The molecule has 0 aliphatic carbocycles. The number of halogens is 2. The molecule has 1 N–H and O–H groups in total. The second-order valence-electron chi connectivity index (χ2n) is 6.12. The van der Waals surface area contributed by atoms with Crippen LogP contribution in [0.3, 0.4) is 0 Å². The van der Waals surface area contributed by atoms with E-state index in [0.29, 0.717) is 18.7 Å². The van der Waals surface area contributed by atoms with Crippen LogP contribution in [0.25, 0.3) is 0 Å². The van der Waals surface area contributed by atoms with Gasteiger partial charge in [0.15, 0.2) is 0 Å². The summed E-state index contributed by atoms with van der Waals surface area (Å²) in [5.41, 5.74) is 0.767. The van der Waals surface area contributed by atoms with Gasteiger partial charge in [0.1, 0.15) is 5.82 Å². The van der Waals surface area contributed by atoms with Crippen LogP contribution in [0, 0.1) is 5.82 Å². The van der Waals surface area contributed by atoms with Crippen LogP contribution in [-0.2, 0) is 16.1 Å². The largest absolute Gasteiger partial charge is 0.344 e. The number of carbonyl (C=O) groups is 2. The van der Waals surface area contributed by atoms with Crippen molar-refractivity contribution in [2.45, 2.75) is 39.8 Å². The normalized spacial score (nSPS) is 10.8. The van der Waals surface area contributed by atoms with Crippen LogP contribution in [0.5, 0.6) is 0 Å². The zero-order valence-corrected chi connectivity index (χ0v) is 15.8. The lowest BCUT2D eigenvalue weighted by atomic mass is 10.2. The Balaban J connectivity index is 2.09. The van der Waals surface area contributed by atoms with E-state index in [-0.39, 0.29) is 23.2 Å². The fraction of sp³-hybridized carbons (Fsp3) is 0.389. The molecule has 0 fully saturated rings. The van der Waals surface area contributed by atoms with Crippen molar-refractivity contribution in [2.24, 2.45) is 0 Å². The monoisotopic (exact) mass is 380 g/mol. The van der Waals surface area contributed by atoms with Crippen molar-refractivity contribution in [1.29, 1.82) is 0 Å². The predicted molar refractivity (Wildman–Crippen MR) is 98.5 cm³/mol. The molecule has 6 nitrogen and oxygen atoms in total. The standard InChI is InChI=1S/C18H22ClFN4O2/c1-4-8-23(14-10-22-24(11-14)12(2)3)18(26)17(25)21-9-13-6-5-7-15(19)16(13)20/h5-7,10-12H,4,8-9H2,1-3H3,(H,21,25). The van der Waals surface area contributed by atoms with Crippen LogP contribution in [-0.4, -0.2) is 28.1 Å². The number of hydrogen-bond donors (Lipinski definition) is 1. The number of hydrogen-bond acceptors (Lipinski definition) is 3. The first-order chi connectivity index (χ1) is 12.3. The second kappa shape index (κ2) is 8.80. The molecular weight excluding hydrogens is 359 g/mol. The summed E-state index contributed by atoms with van der Waals surface area (Å²) in [6.45, 7) is 6.10. The summed E-state index contributed by atoms with van der Waals surface area (Å²) in [6.07, 6.45) is 3.95. The van der Waals surface area contributed by atoms with Crippen LogP contribution < -0.4 is 10.2 Å². The Morgan fingerprint density at radius 3 is 2.73 bits per heavy atom. The van der Waals surface area contributed by atoms with Gasteiger partial charge in [-0.05, 0) is 26.3 Å². The highest BCUT2D eigenvalue weighted by atomic mass is 35.5. The van der Waals surface area contributed by atoms with E-state index in [0.717, 1.165) is 0 Å². The van der Waals surface area contributed by atoms with Gasteiger partial charge in [-0.15, -0.1) is 0 Å². The molecule has 0 radical (unpaired) electrons. The molecule has 2 rings (SSSR count). The Morgan fingerprint density at radius 2 is 2.12 bits per heavy atom. The molecular formula is C18H22ClFN4O2. The lowest BCUT2D eigenvalue weighted by Gasteiger charge is -2.19. The minimum Gasteiger partial charge on any atom is -0.344 e. The van der Waals surface area contributed by atoms with Gasteiger partial charge in [-0.25, -0.2) is 4.39 Å². The van der Waals surface area contributed by atoms with Crippen molar-refractivity contribution in [3.63, 3.8) is 0 Å². The van der Waals surface area contributed by atoms with Gasteiger partial charge in [0, 0.05) is 30.9 Å². The molecule has 0 atom stereocenters. The number of aromatic nitrogens is 2. The molecule has 1 aromatic heterocycles. The maximum absolute atomic E-state index is 13.9. The topological polar surface area (TPSA) is 67.2 Å². The highest BCUT2D eigenvalue weighted by Crippen LogP contribution is 2.18. The van der Waals surface area contributed by atoms with E-state index in [2.05, 4.69) is 10.4 Å². The minimum absolute atomic E-state index is 0.0308. The van der Waals surface area contributed by atoms with Gasteiger partial charge in [-0.2, -0.15) is 5.10 Å². The fourth-order valence-corrected chi connectivity index (χ4v) is 2.57. The van der Waals surface area contributed by atoms with Crippen LogP contribution in [0.2, 0.25) is 5.02 Å². The summed E-state index contributed by atoms with van der Waals surface area (Å²) >= 11 is 5.72. The number of carbonyl (C=O) groups excluding carboxylic acids is 2. The fourth-order valence-electron chi connectivity index (χ4n) is 2.38. The first kappa shape index (κ1) is 19.9. The van der Waals surface area contributed by atoms with Crippen LogP contribution in [0.4, 0.5) is 10.1 Å². The number of amides is 2. The van der Waals surface area contributed by atoms with Gasteiger partial charge in [-0.3, -0.25) is 14.3 Å². The number of anilines is 1. The van der Waals surface area contributed by atoms with E-state index in [4.69, 9.17) is 11.6 Å². The molecule has 0 saturated heterocycles. The highest BCUT2D eigenvalue weighted by Gasteiger charge is 2.24. The first-order valence-corrected chi connectivity index (χ1v) is 8.79. The third-order valence-electron chi connectivity index (χ3n) is 3.79. The lowest BCUT2D eigenvalue weighted by Crippen LogP contribution is -2.43. The third-order valence-corrected chi connectivity index (χ3v) is 4.08. The summed E-state index contributed by atoms with van der Waals surface area (Å²) in [6, 6.07) is 4.64. The summed E-state index contributed by atoms with van der Waals surface area (Å²) in [7, 11) is 0. The molecule has 2 aromatic rings. The van der Waals surface area contributed by atoms with Crippen molar-refractivity contribution >= 4 is 29.1 Å². The van der Waals surface area contributed by atoms with E-state index in [1.54, 1.807) is 23.1 Å². The lowest BCUT2D eigenvalue weighted by molar-refractivity contribution is -0.137. The molecule has 0 aliphatic rings. The molecule has 0 aliphatic heterocycles. The summed E-state index contributed by atoms with van der Waals surface area (Å²) in [5, 5.41) is 6.62. The highest BCUT2D eigenvalue weighted by molar-refractivity contribution is 6.40. The number of nitrogens with one attached hydrogen (secondary N) is 1. The average Bonchev–Trinajstić information content (AvgIpc) is 3.10. The third kappa shape index (κ3) is 4.60. The molecule has 0 unspecified atom stereocenters. The Kier molecular flexibility index (Phi) is 6.74. The van der Waals surface area contributed by atoms with Gasteiger partial charge < -0.3 is 10.2 Å². The quantitative estimate of drug-likeness (QED) is 0.782. The predicted octanol–water partition coefficient (Wildman–Crippen LogP) is 3.32. The number of nitrogens with zero attached hydrogens (tertiary/aromatic N) is 3. The second-order valence-corrected chi connectivity index (χ2v) is 6.53. The van der Waals surface area contributed by atoms with Crippen molar-refractivity contribution < 1.29 is 14.0 Å². The van der Waals surface area contributed by atoms with Crippen molar-refractivity contribution in [2.75, 3.05) is 11.4 Å². The van der Waals surface area contributed by atoms with Crippen LogP contribution in [0.15, 0.2) is 30.6 Å². The smallest absolute Gasteiger partial charge is 0.316 e. The molecule has 0 saturated carbocycles. The van der Waals surface area contributed by atoms with E-state index in [9.17, 15) is 14.0 Å². The SMILES string of the molecule is CCCN(C(=O)C(=O)NCc1cccc(Cl)c1F)c1cnn(C(C)C)c1. The molecule has 26 heavy (non-hydrogen) atoms. The van der Waals surface area contributed by atoms with Crippen molar-refractivity contribution in [3.8, 4) is 0 Å². The zero-order chi connectivity index (χ0) is 19.3. The maximum atomic E-state index is 13.9. The average molecular weight is 381 g/mol. The van der Waals surface area contributed by atoms with Gasteiger partial charge in [0.05, 0.1) is 16.9 Å². The van der Waals surface area contributed by atoms with Gasteiger partial charge in [-0.1, -0.05) is 30.7 Å². The van der Waals surface area contributed by atoms with Crippen LogP contribution in [0.1, 0.15) is 38.8 Å². The zero-order valence-electron chi connectivity index (χ0n) is 15.0. The Hall–Kier alpha value is -2.41. The van der Waals surface area contributed by atoms with E-state index >= 15 is 0 Å². The molecule has 140 valence electrons. The van der Waals surface area contributed by atoms with Gasteiger partial charge in [0.2, 0.25) is 0 Å². The number of rotatable bonds is 6. The minimum atomic E-state index is -0.810. The van der Waals surface area contributed by atoms with E-state index in [1.165, 1.54) is 17.0 Å². The summed E-state index contributed by atoms with van der Waals surface area (Å²) in [5.74, 6) is -2.13. The first-order valence-electron chi connectivity index (χ1n) is 8.41. The summed E-state index contributed by atoms with van der Waals surface area (Å²) < 4.78 is 15.6. The molecule has 1 aromatic carbocycles. The molecule has 1 heterocycles. The van der Waals surface area contributed by atoms with Crippen molar-refractivity contribution in [3.05, 3.63) is 47.0 Å². The Bertz CT molecular complexity index is 791. The maximum Gasteiger partial charge on any atom is 0.316 e. The molecule has 0 spiro atoms. The molecule has 0 bridgehead atoms. The van der Waals surface area contributed by atoms with Crippen LogP contribution >= 0.6 is 11.6 Å². The van der Waals surface area contributed by atoms with Gasteiger partial charge in [0.25, 0.3) is 0 Å². The molecule has 2 amide bonds. The van der Waals surface area contributed by atoms with Crippen molar-refractivity contribution in [1.82, 2.24) is 15.1 Å².